The smallest absolute Gasteiger partial charge is 0.322 e. The number of carboxylic acids is 1. The van der Waals surface area contributed by atoms with Crippen LogP contribution in [0.1, 0.15) is 33.1 Å². The first-order valence-corrected chi connectivity index (χ1v) is 7.48. The van der Waals surface area contributed by atoms with Crippen molar-refractivity contribution in [1.29, 1.82) is 5.26 Å². The third-order valence-corrected chi connectivity index (χ3v) is 5.57. The van der Waals surface area contributed by atoms with Crippen LogP contribution in [0.3, 0.4) is 0 Å². The molecule has 0 amide bonds. The van der Waals surface area contributed by atoms with Crippen LogP contribution in [0.4, 0.5) is 0 Å². The maximum Gasteiger partial charge on any atom is 0.322 e. The summed E-state index contributed by atoms with van der Waals surface area (Å²) in [6.45, 7) is 3.43. The van der Waals surface area contributed by atoms with Gasteiger partial charge in [-0.25, -0.2) is 8.42 Å². The molecule has 102 valence electrons. The van der Waals surface area contributed by atoms with Crippen molar-refractivity contribution < 1.29 is 18.3 Å². The predicted molar refractivity (Wildman–Crippen MR) is 65.1 cm³/mol. The summed E-state index contributed by atoms with van der Waals surface area (Å²) in [6, 6.07) is 0.627. The van der Waals surface area contributed by atoms with E-state index in [9.17, 15) is 13.2 Å². The van der Waals surface area contributed by atoms with E-state index >= 15 is 0 Å². The van der Waals surface area contributed by atoms with E-state index in [4.69, 9.17) is 10.4 Å². The lowest BCUT2D eigenvalue weighted by molar-refractivity contribution is -0.143. The molecule has 6 nitrogen and oxygen atoms in total. The van der Waals surface area contributed by atoms with Crippen molar-refractivity contribution in [3.8, 4) is 6.07 Å². The Morgan fingerprint density at radius 1 is 1.61 bits per heavy atom. The van der Waals surface area contributed by atoms with E-state index < -0.39 is 27.3 Å². The molecule has 0 saturated carbocycles. The summed E-state index contributed by atoms with van der Waals surface area (Å²) in [7, 11) is -3.85. The van der Waals surface area contributed by atoms with Crippen LogP contribution in [0.25, 0.3) is 0 Å². The Morgan fingerprint density at radius 2 is 2.22 bits per heavy atom. The quantitative estimate of drug-likeness (QED) is 0.817. The summed E-state index contributed by atoms with van der Waals surface area (Å²) in [6.07, 6.45) is 1.81. The number of nitriles is 1. The molecule has 1 fully saturated rings. The minimum absolute atomic E-state index is 0.184. The van der Waals surface area contributed by atoms with Gasteiger partial charge in [0.05, 0.1) is 6.07 Å². The maximum absolute atomic E-state index is 12.1. The van der Waals surface area contributed by atoms with E-state index in [1.54, 1.807) is 6.07 Å². The molecule has 1 aliphatic rings. The van der Waals surface area contributed by atoms with E-state index in [0.29, 0.717) is 12.8 Å². The highest BCUT2D eigenvalue weighted by Gasteiger charge is 2.41. The molecule has 0 bridgehead atoms. The summed E-state index contributed by atoms with van der Waals surface area (Å²) in [5.74, 6) is -0.906. The minimum Gasteiger partial charge on any atom is -0.480 e. The van der Waals surface area contributed by atoms with Gasteiger partial charge in [-0.05, 0) is 25.7 Å². The maximum atomic E-state index is 12.1. The largest absolute Gasteiger partial charge is 0.480 e. The Hall–Kier alpha value is -1.13. The van der Waals surface area contributed by atoms with Gasteiger partial charge in [0.25, 0.3) is 0 Å². The molecule has 0 spiro atoms. The Balaban J connectivity index is 3.01. The zero-order valence-corrected chi connectivity index (χ0v) is 11.4. The van der Waals surface area contributed by atoms with E-state index in [2.05, 4.69) is 0 Å². The second-order valence-electron chi connectivity index (χ2n) is 4.58. The topological polar surface area (TPSA) is 98.5 Å². The number of aliphatic carboxylic acids is 1. The standard InChI is InChI=1S/C11H18N2O4S/c1-3-9-4-5-13(10(6-9)11(14)15)18(16,17)8(2)7-12/h8-10H,3-6H2,1-2H3,(H,14,15). The molecule has 3 atom stereocenters. The molecule has 1 N–H and O–H groups in total. The van der Waals surface area contributed by atoms with Crippen LogP contribution < -0.4 is 0 Å². The number of sulfonamides is 1. The molecule has 0 aromatic rings. The number of nitrogens with zero attached hydrogens (tertiary/aromatic N) is 2. The zero-order valence-electron chi connectivity index (χ0n) is 10.5. The van der Waals surface area contributed by atoms with Crippen molar-refractivity contribution in [2.75, 3.05) is 6.54 Å². The molecule has 1 saturated heterocycles. The monoisotopic (exact) mass is 274 g/mol. The molecule has 1 heterocycles. The first-order chi connectivity index (χ1) is 8.34. The van der Waals surface area contributed by atoms with Crippen LogP contribution in [0.2, 0.25) is 0 Å². The van der Waals surface area contributed by atoms with Crippen LogP contribution in [-0.2, 0) is 14.8 Å². The summed E-state index contributed by atoms with van der Waals surface area (Å²) in [5, 5.41) is 16.7. The van der Waals surface area contributed by atoms with Crippen LogP contribution in [0.15, 0.2) is 0 Å². The van der Waals surface area contributed by atoms with Gasteiger partial charge < -0.3 is 5.11 Å². The first kappa shape index (κ1) is 14.9. The van der Waals surface area contributed by atoms with Gasteiger partial charge in [0.15, 0.2) is 5.25 Å². The molecule has 0 aliphatic carbocycles. The van der Waals surface area contributed by atoms with Crippen LogP contribution in [-0.4, -0.2) is 41.6 Å². The van der Waals surface area contributed by atoms with Gasteiger partial charge in [0.2, 0.25) is 10.0 Å². The van der Waals surface area contributed by atoms with Gasteiger partial charge in [-0.2, -0.15) is 9.57 Å². The summed E-state index contributed by atoms with van der Waals surface area (Å²) < 4.78 is 25.1. The van der Waals surface area contributed by atoms with Gasteiger partial charge in [-0.15, -0.1) is 0 Å². The predicted octanol–water partition coefficient (Wildman–Crippen LogP) is 0.803. The molecular weight excluding hydrogens is 256 g/mol. The average molecular weight is 274 g/mol. The Bertz CT molecular complexity index is 454. The summed E-state index contributed by atoms with van der Waals surface area (Å²) in [5.41, 5.74) is 0. The fourth-order valence-corrected chi connectivity index (χ4v) is 3.62. The number of hydrogen-bond donors (Lipinski definition) is 1. The highest BCUT2D eigenvalue weighted by Crippen LogP contribution is 2.28. The fourth-order valence-electron chi connectivity index (χ4n) is 2.19. The highest BCUT2D eigenvalue weighted by molar-refractivity contribution is 7.90. The number of carboxylic acid groups (broad SMARTS) is 1. The molecule has 0 aromatic carbocycles. The van der Waals surface area contributed by atoms with Gasteiger partial charge in [0, 0.05) is 6.54 Å². The molecule has 1 rings (SSSR count). The zero-order chi connectivity index (χ0) is 13.9. The first-order valence-electron chi connectivity index (χ1n) is 5.97. The number of hydrogen-bond acceptors (Lipinski definition) is 4. The van der Waals surface area contributed by atoms with Crippen molar-refractivity contribution >= 4 is 16.0 Å². The molecule has 0 aromatic heterocycles. The Kier molecular flexibility index (Phi) is 4.71. The average Bonchev–Trinajstić information content (AvgIpc) is 2.36. The van der Waals surface area contributed by atoms with Gasteiger partial charge in [-0.1, -0.05) is 13.3 Å². The second-order valence-corrected chi connectivity index (χ2v) is 6.79. The number of piperidine rings is 1. The Morgan fingerprint density at radius 3 is 2.67 bits per heavy atom. The van der Waals surface area contributed by atoms with E-state index in [0.717, 1.165) is 10.7 Å². The molecule has 18 heavy (non-hydrogen) atoms. The van der Waals surface area contributed by atoms with Crippen LogP contribution >= 0.6 is 0 Å². The summed E-state index contributed by atoms with van der Waals surface area (Å²) in [4.78, 5) is 11.2. The SMILES string of the molecule is CCC1CCN(S(=O)(=O)C(C)C#N)C(C(=O)O)C1. The fraction of sp³-hybridized carbons (Fsp3) is 0.818. The number of rotatable bonds is 4. The lowest BCUT2D eigenvalue weighted by Gasteiger charge is -2.36. The van der Waals surface area contributed by atoms with Crippen molar-refractivity contribution in [3.05, 3.63) is 0 Å². The molecule has 1 aliphatic heterocycles. The highest BCUT2D eigenvalue weighted by atomic mass is 32.2. The summed E-state index contributed by atoms with van der Waals surface area (Å²) >= 11 is 0. The third-order valence-electron chi connectivity index (χ3n) is 3.48. The van der Waals surface area contributed by atoms with Crippen molar-refractivity contribution in [2.45, 2.75) is 44.4 Å². The van der Waals surface area contributed by atoms with E-state index in [-0.39, 0.29) is 12.5 Å². The van der Waals surface area contributed by atoms with Crippen LogP contribution in [0.5, 0.6) is 0 Å². The molecule has 3 unspecified atom stereocenters. The van der Waals surface area contributed by atoms with Crippen molar-refractivity contribution in [2.24, 2.45) is 5.92 Å². The third kappa shape index (κ3) is 2.82. The van der Waals surface area contributed by atoms with Crippen molar-refractivity contribution in [3.63, 3.8) is 0 Å². The number of carbonyl (C=O) groups is 1. The van der Waals surface area contributed by atoms with Crippen molar-refractivity contribution in [1.82, 2.24) is 4.31 Å². The van der Waals surface area contributed by atoms with Gasteiger partial charge in [0.1, 0.15) is 6.04 Å². The van der Waals surface area contributed by atoms with E-state index in [1.807, 2.05) is 6.92 Å². The normalized spacial score (nSPS) is 27.4. The van der Waals surface area contributed by atoms with Gasteiger partial charge in [-0.3, -0.25) is 4.79 Å². The molecule has 0 radical (unpaired) electrons. The van der Waals surface area contributed by atoms with E-state index in [1.165, 1.54) is 6.92 Å². The molecule has 7 heteroatoms. The molecular formula is C11H18N2O4S. The van der Waals surface area contributed by atoms with Gasteiger partial charge >= 0.3 is 5.97 Å². The lowest BCUT2D eigenvalue weighted by atomic mass is 9.90. The lowest BCUT2D eigenvalue weighted by Crippen LogP contribution is -2.52. The Labute approximate surface area is 107 Å². The minimum atomic E-state index is -3.85. The van der Waals surface area contributed by atoms with Crippen LogP contribution in [0, 0.1) is 17.2 Å². The second kappa shape index (κ2) is 5.67.